The summed E-state index contributed by atoms with van der Waals surface area (Å²) in [7, 11) is 0. The lowest BCUT2D eigenvalue weighted by Crippen LogP contribution is -2.26. The first kappa shape index (κ1) is 17.8. The quantitative estimate of drug-likeness (QED) is 0.499. The minimum atomic E-state index is -4.53. The van der Waals surface area contributed by atoms with Crippen LogP contribution in [0.4, 0.5) is 17.6 Å². The third kappa shape index (κ3) is 5.27. The van der Waals surface area contributed by atoms with E-state index in [9.17, 15) is 17.6 Å². The van der Waals surface area contributed by atoms with Crippen LogP contribution in [-0.2, 0) is 0 Å². The molecule has 0 aromatic carbocycles. The molecule has 128 valence electrons. The van der Waals surface area contributed by atoms with Crippen molar-refractivity contribution in [3.8, 4) is 0 Å². The Labute approximate surface area is 131 Å². The van der Waals surface area contributed by atoms with E-state index in [2.05, 4.69) is 6.92 Å². The van der Waals surface area contributed by atoms with Crippen molar-refractivity contribution >= 4 is 0 Å². The largest absolute Gasteiger partial charge is 0.412 e. The summed E-state index contributed by atoms with van der Waals surface area (Å²) < 4.78 is 50.3. The second-order valence-electron chi connectivity index (χ2n) is 7.25. The maximum Gasteiger partial charge on any atom is 0.412 e. The Morgan fingerprint density at radius 3 is 1.86 bits per heavy atom. The second kappa shape index (κ2) is 7.83. The van der Waals surface area contributed by atoms with E-state index in [1.165, 1.54) is 38.5 Å². The van der Waals surface area contributed by atoms with Gasteiger partial charge in [-0.05, 0) is 56.3 Å². The molecule has 0 spiro atoms. The van der Waals surface area contributed by atoms with Crippen LogP contribution in [0.3, 0.4) is 0 Å². The minimum absolute atomic E-state index is 0.145. The van der Waals surface area contributed by atoms with Crippen LogP contribution >= 0.6 is 0 Å². The summed E-state index contributed by atoms with van der Waals surface area (Å²) in [4.78, 5) is 0. The molecule has 0 radical (unpaired) electrons. The van der Waals surface area contributed by atoms with Gasteiger partial charge in [0.25, 0.3) is 0 Å². The Hall–Kier alpha value is -0.540. The fourth-order valence-corrected chi connectivity index (χ4v) is 4.50. The van der Waals surface area contributed by atoms with Crippen molar-refractivity contribution in [1.82, 2.24) is 0 Å². The average Bonchev–Trinajstić information content (AvgIpc) is 2.47. The zero-order valence-corrected chi connectivity index (χ0v) is 13.5. The van der Waals surface area contributed by atoms with Gasteiger partial charge in [0.05, 0.1) is 6.08 Å². The van der Waals surface area contributed by atoms with Gasteiger partial charge in [0, 0.05) is 5.92 Å². The Morgan fingerprint density at radius 1 is 0.909 bits per heavy atom. The summed E-state index contributed by atoms with van der Waals surface area (Å²) in [5.74, 6) is 0.748. The van der Waals surface area contributed by atoms with E-state index in [0.717, 1.165) is 24.7 Å². The Kier molecular flexibility index (Phi) is 6.34. The molecule has 0 aromatic rings. The fraction of sp³-hybridized carbons (Fsp3) is 0.889. The first-order valence-electron chi connectivity index (χ1n) is 8.84. The molecule has 0 bridgehead atoms. The normalized spacial score (nSPS) is 34.7. The first-order chi connectivity index (χ1) is 10.4. The number of halogens is 4. The standard InChI is InChI=1S/C18H28F4/c1-2-3-13-4-6-14(7-5-13)15-8-10-16(11-9-15)17(19)12-18(20,21)22/h12-16H,2-11H2,1H3. The summed E-state index contributed by atoms with van der Waals surface area (Å²) in [5, 5.41) is 0. The van der Waals surface area contributed by atoms with Crippen LogP contribution in [0, 0.1) is 23.7 Å². The molecule has 2 fully saturated rings. The molecule has 2 aliphatic rings. The summed E-state index contributed by atoms with van der Waals surface area (Å²) in [6, 6.07) is 0. The van der Waals surface area contributed by atoms with E-state index in [1.807, 2.05) is 0 Å². The molecule has 0 heterocycles. The summed E-state index contributed by atoms with van der Waals surface area (Å²) in [6.07, 6.45) is 6.00. The number of hydrogen-bond acceptors (Lipinski definition) is 0. The summed E-state index contributed by atoms with van der Waals surface area (Å²) >= 11 is 0. The number of hydrogen-bond donors (Lipinski definition) is 0. The second-order valence-corrected chi connectivity index (χ2v) is 7.25. The van der Waals surface area contributed by atoms with Crippen molar-refractivity contribution < 1.29 is 17.6 Å². The SMILES string of the molecule is CCCC1CCC(C2CCC(C(F)=CC(F)(F)F)CC2)CC1. The molecule has 0 aromatic heterocycles. The van der Waals surface area contributed by atoms with Gasteiger partial charge in [-0.1, -0.05) is 32.6 Å². The van der Waals surface area contributed by atoms with E-state index in [0.29, 0.717) is 18.8 Å². The molecule has 0 aliphatic heterocycles. The van der Waals surface area contributed by atoms with Crippen molar-refractivity contribution in [3.05, 3.63) is 11.9 Å². The molecular formula is C18H28F4. The molecule has 0 N–H and O–H groups in total. The van der Waals surface area contributed by atoms with Crippen molar-refractivity contribution in [3.63, 3.8) is 0 Å². The molecule has 2 saturated carbocycles. The van der Waals surface area contributed by atoms with E-state index in [4.69, 9.17) is 0 Å². The van der Waals surface area contributed by atoms with Gasteiger partial charge in [-0.2, -0.15) is 13.2 Å². The van der Waals surface area contributed by atoms with E-state index in [-0.39, 0.29) is 6.08 Å². The minimum Gasteiger partial charge on any atom is -0.212 e. The molecule has 0 nitrogen and oxygen atoms in total. The van der Waals surface area contributed by atoms with E-state index in [1.54, 1.807) is 0 Å². The molecule has 0 unspecified atom stereocenters. The van der Waals surface area contributed by atoms with Crippen molar-refractivity contribution in [2.45, 2.75) is 77.3 Å². The van der Waals surface area contributed by atoms with Crippen LogP contribution in [0.2, 0.25) is 0 Å². The lowest BCUT2D eigenvalue weighted by atomic mass is 9.68. The predicted octanol–water partition coefficient (Wildman–Crippen LogP) is 6.82. The molecule has 0 atom stereocenters. The monoisotopic (exact) mass is 320 g/mol. The lowest BCUT2D eigenvalue weighted by molar-refractivity contribution is -0.0821. The van der Waals surface area contributed by atoms with Gasteiger partial charge in [-0.15, -0.1) is 0 Å². The molecule has 4 heteroatoms. The van der Waals surface area contributed by atoms with Gasteiger partial charge in [-0.25, -0.2) is 4.39 Å². The molecule has 0 saturated heterocycles. The highest BCUT2D eigenvalue weighted by Crippen LogP contribution is 2.44. The van der Waals surface area contributed by atoms with Crippen molar-refractivity contribution in [2.75, 3.05) is 0 Å². The maximum atomic E-state index is 13.6. The first-order valence-corrected chi connectivity index (χ1v) is 8.84. The van der Waals surface area contributed by atoms with Crippen LogP contribution in [-0.4, -0.2) is 6.18 Å². The number of allylic oxidation sites excluding steroid dienone is 2. The Balaban J connectivity index is 1.77. The smallest absolute Gasteiger partial charge is 0.212 e. The predicted molar refractivity (Wildman–Crippen MR) is 81.1 cm³/mol. The topological polar surface area (TPSA) is 0 Å². The summed E-state index contributed by atoms with van der Waals surface area (Å²) in [6.45, 7) is 2.23. The van der Waals surface area contributed by atoms with Crippen LogP contribution < -0.4 is 0 Å². The molecule has 22 heavy (non-hydrogen) atoms. The highest BCUT2D eigenvalue weighted by molar-refractivity contribution is 5.03. The molecule has 2 aliphatic carbocycles. The van der Waals surface area contributed by atoms with Crippen LogP contribution in [0.25, 0.3) is 0 Å². The average molecular weight is 320 g/mol. The molecule has 2 rings (SSSR count). The zero-order valence-electron chi connectivity index (χ0n) is 13.5. The highest BCUT2D eigenvalue weighted by atomic mass is 19.4. The highest BCUT2D eigenvalue weighted by Gasteiger charge is 2.33. The lowest BCUT2D eigenvalue weighted by Gasteiger charge is -2.37. The molecule has 0 amide bonds. The molecular weight excluding hydrogens is 292 g/mol. The number of alkyl halides is 3. The Bertz CT molecular complexity index is 356. The summed E-state index contributed by atoms with van der Waals surface area (Å²) in [5.41, 5.74) is 0. The fourth-order valence-electron chi connectivity index (χ4n) is 4.50. The maximum absolute atomic E-state index is 13.6. The van der Waals surface area contributed by atoms with Gasteiger partial charge in [0.15, 0.2) is 0 Å². The Morgan fingerprint density at radius 2 is 1.41 bits per heavy atom. The number of rotatable bonds is 4. The van der Waals surface area contributed by atoms with Gasteiger partial charge < -0.3 is 0 Å². The van der Waals surface area contributed by atoms with Crippen molar-refractivity contribution in [2.24, 2.45) is 23.7 Å². The van der Waals surface area contributed by atoms with Gasteiger partial charge >= 0.3 is 6.18 Å². The van der Waals surface area contributed by atoms with Crippen LogP contribution in [0.15, 0.2) is 11.9 Å². The van der Waals surface area contributed by atoms with Gasteiger partial charge in [-0.3, -0.25) is 0 Å². The van der Waals surface area contributed by atoms with Gasteiger partial charge in [0.1, 0.15) is 5.83 Å². The van der Waals surface area contributed by atoms with Crippen LogP contribution in [0.1, 0.15) is 71.1 Å². The van der Waals surface area contributed by atoms with E-state index < -0.39 is 17.9 Å². The van der Waals surface area contributed by atoms with Crippen molar-refractivity contribution in [1.29, 1.82) is 0 Å². The van der Waals surface area contributed by atoms with Crippen LogP contribution in [0.5, 0.6) is 0 Å². The zero-order chi connectivity index (χ0) is 16.2. The third-order valence-electron chi connectivity index (χ3n) is 5.72. The van der Waals surface area contributed by atoms with Gasteiger partial charge in [0.2, 0.25) is 0 Å². The van der Waals surface area contributed by atoms with E-state index >= 15 is 0 Å². The third-order valence-corrected chi connectivity index (χ3v) is 5.72.